The molecule has 3 amide bonds. The zero-order valence-electron chi connectivity index (χ0n) is 16.9. The van der Waals surface area contributed by atoms with Crippen LogP contribution in [0.4, 0.5) is 5.69 Å². The largest absolute Gasteiger partial charge is 0.366 e. The Bertz CT molecular complexity index is 675. The summed E-state index contributed by atoms with van der Waals surface area (Å²) in [6.45, 7) is 5.70. The van der Waals surface area contributed by atoms with Crippen LogP contribution in [-0.2, 0) is 9.59 Å². The summed E-state index contributed by atoms with van der Waals surface area (Å²) in [5.41, 5.74) is 6.21. The normalized spacial score (nSPS) is 19.2. The molecular formula is C21H32N4O3. The Balaban J connectivity index is 1.75. The number of carbonyl (C=O) groups is 3. The van der Waals surface area contributed by atoms with Gasteiger partial charge in [-0.3, -0.25) is 19.3 Å². The molecule has 0 heterocycles. The summed E-state index contributed by atoms with van der Waals surface area (Å²) in [5, 5.41) is 5.95. The van der Waals surface area contributed by atoms with Crippen molar-refractivity contribution < 1.29 is 14.4 Å². The van der Waals surface area contributed by atoms with Gasteiger partial charge in [-0.2, -0.15) is 0 Å². The minimum absolute atomic E-state index is 0.0306. The molecule has 1 saturated carbocycles. The predicted molar refractivity (Wildman–Crippen MR) is 110 cm³/mol. The lowest BCUT2D eigenvalue weighted by Gasteiger charge is -2.30. The maximum atomic E-state index is 12.4. The van der Waals surface area contributed by atoms with Crippen molar-refractivity contribution in [3.63, 3.8) is 0 Å². The number of carbonyl (C=O) groups excluding carboxylic acids is 3. The van der Waals surface area contributed by atoms with Crippen molar-refractivity contribution in [1.29, 1.82) is 0 Å². The average molecular weight is 389 g/mol. The van der Waals surface area contributed by atoms with E-state index in [0.29, 0.717) is 43.2 Å². The number of nitrogens with two attached hydrogens (primary N) is 1. The molecule has 0 aliphatic heterocycles. The number of primary amides is 1. The maximum Gasteiger partial charge on any atom is 0.248 e. The Labute approximate surface area is 167 Å². The molecule has 0 bridgehead atoms. The van der Waals surface area contributed by atoms with Gasteiger partial charge in [0.2, 0.25) is 17.7 Å². The van der Waals surface area contributed by atoms with Crippen LogP contribution in [-0.4, -0.2) is 48.3 Å². The molecule has 0 spiro atoms. The summed E-state index contributed by atoms with van der Waals surface area (Å²) in [6.07, 6.45) is 4.93. The van der Waals surface area contributed by atoms with Crippen molar-refractivity contribution in [3.05, 3.63) is 29.8 Å². The molecular weight excluding hydrogens is 356 g/mol. The smallest absolute Gasteiger partial charge is 0.248 e. The van der Waals surface area contributed by atoms with Gasteiger partial charge in [0.15, 0.2) is 0 Å². The third kappa shape index (κ3) is 6.96. The Kier molecular flexibility index (Phi) is 8.44. The highest BCUT2D eigenvalue weighted by Gasteiger charge is 2.23. The van der Waals surface area contributed by atoms with Crippen molar-refractivity contribution in [2.24, 2.45) is 11.7 Å². The molecule has 2 atom stereocenters. The van der Waals surface area contributed by atoms with Crippen LogP contribution in [0.5, 0.6) is 0 Å². The number of nitrogens with zero attached hydrogens (tertiary/aromatic N) is 1. The molecule has 0 unspecified atom stereocenters. The molecule has 1 aromatic carbocycles. The van der Waals surface area contributed by atoms with E-state index in [0.717, 1.165) is 6.42 Å². The van der Waals surface area contributed by atoms with E-state index >= 15 is 0 Å². The van der Waals surface area contributed by atoms with E-state index in [1.165, 1.54) is 19.3 Å². The standard InChI is InChI=1S/C21H32N4O3/c1-3-25(14-20(27)24-18-7-5-4-6-15(18)2)13-12-19(26)23-17-10-8-16(9-11-17)21(22)28/h8-11,15,18H,3-7,12-14H2,1-2H3,(H2,22,28)(H,23,26)(H,24,27)/t15-,18-/m0/s1. The zero-order chi connectivity index (χ0) is 20.5. The first-order valence-electron chi connectivity index (χ1n) is 10.1. The monoisotopic (exact) mass is 388 g/mol. The molecule has 7 heteroatoms. The van der Waals surface area contributed by atoms with Crippen LogP contribution in [0.3, 0.4) is 0 Å². The van der Waals surface area contributed by atoms with Crippen LogP contribution in [0, 0.1) is 5.92 Å². The third-order valence-corrected chi connectivity index (χ3v) is 5.38. The van der Waals surface area contributed by atoms with E-state index in [9.17, 15) is 14.4 Å². The minimum atomic E-state index is -0.502. The molecule has 7 nitrogen and oxygen atoms in total. The fourth-order valence-corrected chi connectivity index (χ4v) is 3.54. The van der Waals surface area contributed by atoms with E-state index in [4.69, 9.17) is 5.73 Å². The molecule has 1 aromatic rings. The number of amides is 3. The van der Waals surface area contributed by atoms with Crippen LogP contribution >= 0.6 is 0 Å². The highest BCUT2D eigenvalue weighted by Crippen LogP contribution is 2.23. The van der Waals surface area contributed by atoms with Gasteiger partial charge in [-0.15, -0.1) is 0 Å². The SMILES string of the molecule is CCN(CCC(=O)Nc1ccc(C(N)=O)cc1)CC(=O)N[C@H]1CCCC[C@@H]1C. The van der Waals surface area contributed by atoms with Crippen LogP contribution in [0.1, 0.15) is 56.3 Å². The Morgan fingerprint density at radius 3 is 2.39 bits per heavy atom. The van der Waals surface area contributed by atoms with Gasteiger partial charge < -0.3 is 16.4 Å². The summed E-state index contributed by atoms with van der Waals surface area (Å²) >= 11 is 0. The molecule has 2 rings (SSSR count). The number of hydrogen-bond donors (Lipinski definition) is 3. The van der Waals surface area contributed by atoms with E-state index < -0.39 is 5.91 Å². The van der Waals surface area contributed by atoms with Crippen LogP contribution in [0.2, 0.25) is 0 Å². The first-order valence-corrected chi connectivity index (χ1v) is 10.1. The minimum Gasteiger partial charge on any atom is -0.366 e. The lowest BCUT2D eigenvalue weighted by Crippen LogP contribution is -2.46. The zero-order valence-corrected chi connectivity index (χ0v) is 16.9. The van der Waals surface area contributed by atoms with Gasteiger partial charge in [0.05, 0.1) is 6.54 Å². The number of likely N-dealkylation sites (N-methyl/N-ethyl adjacent to an activating group) is 1. The fourth-order valence-electron chi connectivity index (χ4n) is 3.54. The lowest BCUT2D eigenvalue weighted by atomic mass is 9.86. The number of anilines is 1. The Hall–Kier alpha value is -2.41. The van der Waals surface area contributed by atoms with Crippen molar-refractivity contribution in [2.75, 3.05) is 25.0 Å². The van der Waals surface area contributed by atoms with Gasteiger partial charge in [-0.25, -0.2) is 0 Å². The lowest BCUT2D eigenvalue weighted by molar-refractivity contribution is -0.124. The molecule has 1 aliphatic rings. The van der Waals surface area contributed by atoms with E-state index in [1.54, 1.807) is 24.3 Å². The van der Waals surface area contributed by atoms with Crippen LogP contribution < -0.4 is 16.4 Å². The topological polar surface area (TPSA) is 105 Å². The van der Waals surface area contributed by atoms with Crippen LogP contribution in [0.15, 0.2) is 24.3 Å². The maximum absolute atomic E-state index is 12.4. The number of benzene rings is 1. The summed E-state index contributed by atoms with van der Waals surface area (Å²) in [6, 6.07) is 6.72. The van der Waals surface area contributed by atoms with Crippen molar-refractivity contribution >= 4 is 23.4 Å². The van der Waals surface area contributed by atoms with E-state index in [-0.39, 0.29) is 17.9 Å². The van der Waals surface area contributed by atoms with Gasteiger partial charge >= 0.3 is 0 Å². The Morgan fingerprint density at radius 2 is 1.79 bits per heavy atom. The molecule has 0 saturated heterocycles. The molecule has 4 N–H and O–H groups in total. The number of nitrogens with one attached hydrogen (secondary N) is 2. The van der Waals surface area contributed by atoms with Gasteiger partial charge in [0.1, 0.15) is 0 Å². The van der Waals surface area contributed by atoms with Crippen molar-refractivity contribution in [1.82, 2.24) is 10.2 Å². The molecule has 154 valence electrons. The van der Waals surface area contributed by atoms with E-state index in [1.807, 2.05) is 11.8 Å². The summed E-state index contributed by atoms with van der Waals surface area (Å²) in [7, 11) is 0. The molecule has 0 radical (unpaired) electrons. The van der Waals surface area contributed by atoms with E-state index in [2.05, 4.69) is 17.6 Å². The van der Waals surface area contributed by atoms with Crippen LogP contribution in [0.25, 0.3) is 0 Å². The fraction of sp³-hybridized carbons (Fsp3) is 0.571. The van der Waals surface area contributed by atoms with Gasteiger partial charge in [0.25, 0.3) is 0 Å². The summed E-state index contributed by atoms with van der Waals surface area (Å²) in [5.74, 6) is -0.0773. The Morgan fingerprint density at radius 1 is 1.11 bits per heavy atom. The van der Waals surface area contributed by atoms with Crippen molar-refractivity contribution in [3.8, 4) is 0 Å². The molecule has 0 aromatic heterocycles. The predicted octanol–water partition coefficient (Wildman–Crippen LogP) is 2.13. The number of hydrogen-bond acceptors (Lipinski definition) is 4. The summed E-state index contributed by atoms with van der Waals surface area (Å²) in [4.78, 5) is 37.6. The second-order valence-corrected chi connectivity index (χ2v) is 7.54. The molecule has 1 fully saturated rings. The summed E-state index contributed by atoms with van der Waals surface area (Å²) < 4.78 is 0. The highest BCUT2D eigenvalue weighted by molar-refractivity contribution is 5.94. The van der Waals surface area contributed by atoms with Crippen molar-refractivity contribution in [2.45, 2.75) is 52.0 Å². The second kappa shape index (κ2) is 10.8. The van der Waals surface area contributed by atoms with Gasteiger partial charge in [0, 0.05) is 30.3 Å². The molecule has 28 heavy (non-hydrogen) atoms. The van der Waals surface area contributed by atoms with Gasteiger partial charge in [-0.1, -0.05) is 26.7 Å². The highest BCUT2D eigenvalue weighted by atomic mass is 16.2. The third-order valence-electron chi connectivity index (χ3n) is 5.38. The average Bonchev–Trinajstić information content (AvgIpc) is 2.67. The quantitative estimate of drug-likeness (QED) is 0.603. The molecule has 1 aliphatic carbocycles. The first kappa shape index (κ1) is 21.9. The first-order chi connectivity index (χ1) is 13.4. The van der Waals surface area contributed by atoms with Gasteiger partial charge in [-0.05, 0) is 49.6 Å². The second-order valence-electron chi connectivity index (χ2n) is 7.54. The number of rotatable bonds is 9.